The molecular formula is C16H23N5O3. The Bertz CT molecular complexity index is 615. The van der Waals surface area contributed by atoms with Crippen LogP contribution in [0.5, 0.6) is 5.88 Å². The molecule has 2 aliphatic rings. The maximum Gasteiger partial charge on any atom is 0.228 e. The lowest BCUT2D eigenvalue weighted by Crippen LogP contribution is -2.52. The molecule has 0 aliphatic carbocycles. The van der Waals surface area contributed by atoms with E-state index in [1.54, 1.807) is 31.3 Å². The highest BCUT2D eigenvalue weighted by Crippen LogP contribution is 2.21. The number of rotatable bonds is 3. The van der Waals surface area contributed by atoms with E-state index in [1.807, 2.05) is 9.80 Å². The van der Waals surface area contributed by atoms with E-state index in [2.05, 4.69) is 9.97 Å². The Hall–Kier alpha value is -2.38. The molecule has 0 saturated carbocycles. The van der Waals surface area contributed by atoms with Crippen LogP contribution in [-0.4, -0.2) is 78.5 Å². The molecule has 0 aromatic carbocycles. The van der Waals surface area contributed by atoms with Crippen LogP contribution in [0.2, 0.25) is 0 Å². The normalized spacial score (nSPS) is 21.8. The zero-order valence-electron chi connectivity index (χ0n) is 14.1. The van der Waals surface area contributed by atoms with Crippen molar-refractivity contribution in [3.05, 3.63) is 12.3 Å². The molecule has 8 heteroatoms. The third-order valence-corrected chi connectivity index (χ3v) is 4.71. The fraction of sp³-hybridized carbons (Fsp3) is 0.625. The molecule has 130 valence electrons. The molecule has 2 amide bonds. The smallest absolute Gasteiger partial charge is 0.228 e. The minimum atomic E-state index is -0.173. The Morgan fingerprint density at radius 2 is 2.00 bits per heavy atom. The molecule has 1 aromatic rings. The number of likely N-dealkylation sites (tertiary alicyclic amines) is 1. The Balaban J connectivity index is 1.56. The lowest BCUT2D eigenvalue weighted by molar-refractivity contribution is -0.144. The van der Waals surface area contributed by atoms with E-state index in [9.17, 15) is 9.59 Å². The molecular weight excluding hydrogens is 310 g/mol. The molecule has 0 unspecified atom stereocenters. The van der Waals surface area contributed by atoms with Crippen molar-refractivity contribution in [2.75, 3.05) is 51.8 Å². The maximum absolute atomic E-state index is 12.6. The summed E-state index contributed by atoms with van der Waals surface area (Å²) in [5.41, 5.74) is 0. The van der Waals surface area contributed by atoms with Gasteiger partial charge in [0.05, 0.1) is 7.11 Å². The molecule has 2 saturated heterocycles. The van der Waals surface area contributed by atoms with Crippen molar-refractivity contribution in [1.82, 2.24) is 19.8 Å². The average Bonchev–Trinajstić information content (AvgIpc) is 2.63. The molecule has 0 N–H and O–H groups in total. The highest BCUT2D eigenvalue weighted by atomic mass is 16.5. The van der Waals surface area contributed by atoms with Crippen molar-refractivity contribution in [1.29, 1.82) is 0 Å². The second kappa shape index (κ2) is 7.02. The van der Waals surface area contributed by atoms with Crippen molar-refractivity contribution in [2.45, 2.75) is 12.8 Å². The summed E-state index contributed by atoms with van der Waals surface area (Å²) in [5, 5.41) is 0. The van der Waals surface area contributed by atoms with Crippen LogP contribution in [0.15, 0.2) is 12.3 Å². The van der Waals surface area contributed by atoms with Gasteiger partial charge in [0.25, 0.3) is 0 Å². The van der Waals surface area contributed by atoms with E-state index in [4.69, 9.17) is 4.74 Å². The van der Waals surface area contributed by atoms with Crippen LogP contribution in [0, 0.1) is 5.92 Å². The van der Waals surface area contributed by atoms with Crippen LogP contribution in [-0.2, 0) is 9.59 Å². The Morgan fingerprint density at radius 3 is 2.67 bits per heavy atom. The van der Waals surface area contributed by atoms with E-state index < -0.39 is 0 Å². The van der Waals surface area contributed by atoms with Crippen LogP contribution < -0.4 is 9.64 Å². The number of aromatic nitrogens is 2. The van der Waals surface area contributed by atoms with Gasteiger partial charge in [-0.2, -0.15) is 4.98 Å². The number of hydrogen-bond donors (Lipinski definition) is 0. The molecule has 24 heavy (non-hydrogen) atoms. The number of piperazine rings is 1. The number of amides is 2. The summed E-state index contributed by atoms with van der Waals surface area (Å²) in [6.45, 7) is 3.27. The number of nitrogens with zero attached hydrogens (tertiary/aromatic N) is 5. The van der Waals surface area contributed by atoms with Crippen LogP contribution in [0.4, 0.5) is 5.95 Å². The summed E-state index contributed by atoms with van der Waals surface area (Å²) in [7, 11) is 3.36. The van der Waals surface area contributed by atoms with Gasteiger partial charge < -0.3 is 19.4 Å². The van der Waals surface area contributed by atoms with Gasteiger partial charge in [-0.25, -0.2) is 4.98 Å². The quantitative estimate of drug-likeness (QED) is 0.775. The monoisotopic (exact) mass is 333 g/mol. The summed E-state index contributed by atoms with van der Waals surface area (Å²) in [4.78, 5) is 38.6. The molecule has 0 spiro atoms. The number of ether oxygens (including phenoxy) is 1. The van der Waals surface area contributed by atoms with Crippen molar-refractivity contribution in [3.8, 4) is 5.88 Å². The molecule has 3 rings (SSSR count). The summed E-state index contributed by atoms with van der Waals surface area (Å²) >= 11 is 0. The van der Waals surface area contributed by atoms with Crippen molar-refractivity contribution >= 4 is 17.8 Å². The molecule has 2 aliphatic heterocycles. The summed E-state index contributed by atoms with van der Waals surface area (Å²) < 4.78 is 5.12. The number of anilines is 1. The first-order chi connectivity index (χ1) is 11.6. The van der Waals surface area contributed by atoms with E-state index in [-0.39, 0.29) is 17.7 Å². The summed E-state index contributed by atoms with van der Waals surface area (Å²) in [6.07, 6.45) is 2.75. The second-order valence-electron chi connectivity index (χ2n) is 6.22. The molecule has 8 nitrogen and oxygen atoms in total. The number of hydrogen-bond acceptors (Lipinski definition) is 6. The van der Waals surface area contributed by atoms with E-state index >= 15 is 0 Å². The van der Waals surface area contributed by atoms with Gasteiger partial charge in [-0.3, -0.25) is 9.59 Å². The van der Waals surface area contributed by atoms with Crippen LogP contribution in [0.3, 0.4) is 0 Å². The largest absolute Gasteiger partial charge is 0.481 e. The first-order valence-corrected chi connectivity index (χ1v) is 8.23. The molecule has 1 aromatic heterocycles. The topological polar surface area (TPSA) is 78.9 Å². The maximum atomic E-state index is 12.6. The number of carbonyl (C=O) groups is 2. The first kappa shape index (κ1) is 16.5. The van der Waals surface area contributed by atoms with Crippen LogP contribution >= 0.6 is 0 Å². The third kappa shape index (κ3) is 3.42. The minimum Gasteiger partial charge on any atom is -0.481 e. The van der Waals surface area contributed by atoms with Gasteiger partial charge in [0.15, 0.2) is 0 Å². The predicted molar refractivity (Wildman–Crippen MR) is 87.7 cm³/mol. The molecule has 3 heterocycles. The Labute approximate surface area is 141 Å². The van der Waals surface area contributed by atoms with Gasteiger partial charge in [0.1, 0.15) is 0 Å². The van der Waals surface area contributed by atoms with E-state index in [0.29, 0.717) is 51.0 Å². The fourth-order valence-corrected chi connectivity index (χ4v) is 3.14. The van der Waals surface area contributed by atoms with E-state index in [1.165, 1.54) is 0 Å². The average molecular weight is 333 g/mol. The highest BCUT2D eigenvalue weighted by Gasteiger charge is 2.33. The van der Waals surface area contributed by atoms with Crippen molar-refractivity contribution in [2.24, 2.45) is 5.92 Å². The van der Waals surface area contributed by atoms with Crippen LogP contribution in [0.25, 0.3) is 0 Å². The van der Waals surface area contributed by atoms with Gasteiger partial charge in [-0.1, -0.05) is 0 Å². The predicted octanol–water partition coefficient (Wildman–Crippen LogP) is 0.00220. The number of methoxy groups -OCH3 is 1. The standard InChI is InChI=1S/C16H23N5O3/c1-19-6-4-12(11-14(19)22)15(23)20-7-9-21(10-8-20)16-17-5-3-13(18-16)24-2/h3,5,12H,4,6-11H2,1-2H3/t12-/m1/s1. The van der Waals surface area contributed by atoms with Gasteiger partial charge in [-0.05, 0) is 6.42 Å². The second-order valence-corrected chi connectivity index (χ2v) is 6.22. The fourth-order valence-electron chi connectivity index (χ4n) is 3.14. The molecule has 1 atom stereocenters. The van der Waals surface area contributed by atoms with Gasteiger partial charge in [0, 0.05) is 64.4 Å². The third-order valence-electron chi connectivity index (χ3n) is 4.71. The first-order valence-electron chi connectivity index (χ1n) is 8.23. The van der Waals surface area contributed by atoms with Crippen molar-refractivity contribution < 1.29 is 14.3 Å². The van der Waals surface area contributed by atoms with Gasteiger partial charge in [-0.15, -0.1) is 0 Å². The van der Waals surface area contributed by atoms with Crippen molar-refractivity contribution in [3.63, 3.8) is 0 Å². The van der Waals surface area contributed by atoms with E-state index in [0.717, 1.165) is 6.42 Å². The zero-order chi connectivity index (χ0) is 17.1. The highest BCUT2D eigenvalue weighted by molar-refractivity contribution is 5.87. The van der Waals surface area contributed by atoms with Gasteiger partial charge >= 0.3 is 0 Å². The SMILES string of the molecule is COc1ccnc(N2CCN(C(=O)[C@@H]3CCN(C)C(=O)C3)CC2)n1. The lowest BCUT2D eigenvalue weighted by Gasteiger charge is -2.37. The number of carbonyl (C=O) groups excluding carboxylic acids is 2. The zero-order valence-corrected chi connectivity index (χ0v) is 14.1. The molecule has 0 radical (unpaired) electrons. The molecule has 0 bridgehead atoms. The number of piperidine rings is 1. The van der Waals surface area contributed by atoms with Crippen LogP contribution in [0.1, 0.15) is 12.8 Å². The lowest BCUT2D eigenvalue weighted by atomic mass is 9.94. The van der Waals surface area contributed by atoms with Gasteiger partial charge in [0.2, 0.25) is 23.6 Å². The Morgan fingerprint density at radius 1 is 1.25 bits per heavy atom. The Kier molecular flexibility index (Phi) is 4.82. The summed E-state index contributed by atoms with van der Waals surface area (Å²) in [6, 6.07) is 1.71. The summed E-state index contributed by atoms with van der Waals surface area (Å²) in [5.74, 6) is 1.14. The molecule has 2 fully saturated rings. The minimum absolute atomic E-state index is 0.0583.